The van der Waals surface area contributed by atoms with E-state index in [2.05, 4.69) is 24.5 Å². The van der Waals surface area contributed by atoms with Gasteiger partial charge < -0.3 is 25.2 Å². The number of carbonyl (C=O) groups is 2. The molecule has 2 rings (SSSR count). The van der Waals surface area contributed by atoms with Crippen molar-refractivity contribution >= 4 is 11.8 Å². The second-order valence-electron chi connectivity index (χ2n) is 9.26. The third kappa shape index (κ3) is 5.70. The van der Waals surface area contributed by atoms with Gasteiger partial charge in [-0.1, -0.05) is 20.8 Å². The second-order valence-corrected chi connectivity index (χ2v) is 9.26. The summed E-state index contributed by atoms with van der Waals surface area (Å²) in [6.07, 6.45) is 3.57. The number of hydrogen-bond acceptors (Lipinski definition) is 5. The van der Waals surface area contributed by atoms with Gasteiger partial charge in [-0.05, 0) is 48.9 Å². The molecule has 0 aliphatic heterocycles. The molecular formula is C22H40N2O5. The van der Waals surface area contributed by atoms with Gasteiger partial charge in [-0.2, -0.15) is 0 Å². The topological polar surface area (TPSA) is 96.9 Å². The van der Waals surface area contributed by atoms with Gasteiger partial charge in [0.15, 0.2) is 0 Å². The number of amides is 2. The van der Waals surface area contributed by atoms with Crippen LogP contribution in [0.4, 0.5) is 0 Å². The van der Waals surface area contributed by atoms with Crippen molar-refractivity contribution in [2.45, 2.75) is 65.0 Å². The molecule has 0 radical (unpaired) electrons. The molecule has 0 aromatic rings. The van der Waals surface area contributed by atoms with Crippen LogP contribution in [0, 0.1) is 29.1 Å². The molecule has 0 heterocycles. The number of fused-ring (bicyclic) bond motifs is 1. The molecule has 7 atom stereocenters. The average Bonchev–Trinajstić information content (AvgIpc) is 2.68. The quantitative estimate of drug-likeness (QED) is 0.501. The van der Waals surface area contributed by atoms with Crippen LogP contribution in [0.2, 0.25) is 0 Å². The largest absolute Gasteiger partial charge is 0.392 e. The van der Waals surface area contributed by atoms with Crippen molar-refractivity contribution in [2.75, 3.05) is 34.0 Å². The van der Waals surface area contributed by atoms with Crippen LogP contribution < -0.4 is 10.6 Å². The molecule has 7 nitrogen and oxygen atoms in total. The first-order valence-corrected chi connectivity index (χ1v) is 11.0. The first-order valence-electron chi connectivity index (χ1n) is 11.0. The van der Waals surface area contributed by atoms with Crippen LogP contribution in [-0.4, -0.2) is 63.0 Å². The van der Waals surface area contributed by atoms with E-state index < -0.39 is 6.10 Å². The van der Waals surface area contributed by atoms with Crippen molar-refractivity contribution < 1.29 is 24.2 Å². The fourth-order valence-electron chi connectivity index (χ4n) is 5.60. The van der Waals surface area contributed by atoms with Crippen LogP contribution in [0.1, 0.15) is 52.9 Å². The summed E-state index contributed by atoms with van der Waals surface area (Å²) in [5.74, 6) is -0.127. The summed E-state index contributed by atoms with van der Waals surface area (Å²) < 4.78 is 10.00. The second kappa shape index (κ2) is 10.7. The molecule has 3 N–H and O–H groups in total. The van der Waals surface area contributed by atoms with Gasteiger partial charge in [-0.15, -0.1) is 0 Å². The highest BCUT2D eigenvalue weighted by Crippen LogP contribution is 2.55. The number of nitrogens with one attached hydrogen (secondary N) is 2. The first kappa shape index (κ1) is 24.1. The van der Waals surface area contributed by atoms with E-state index in [1.165, 1.54) is 0 Å². The Kier molecular flexibility index (Phi) is 8.91. The number of rotatable bonds is 9. The molecule has 0 bridgehead atoms. The molecule has 2 aliphatic carbocycles. The number of ether oxygens (including phenoxy) is 2. The highest BCUT2D eigenvalue weighted by molar-refractivity contribution is 5.78. The summed E-state index contributed by atoms with van der Waals surface area (Å²) in [4.78, 5) is 24.8. The molecule has 0 spiro atoms. The first-order chi connectivity index (χ1) is 13.7. The Morgan fingerprint density at radius 2 is 1.83 bits per heavy atom. The van der Waals surface area contributed by atoms with Gasteiger partial charge in [0.25, 0.3) is 0 Å². The normalized spacial score (nSPS) is 35.4. The molecule has 0 aromatic heterocycles. The minimum absolute atomic E-state index is 0.0000382. The lowest BCUT2D eigenvalue weighted by atomic mass is 9.51. The summed E-state index contributed by atoms with van der Waals surface area (Å²) in [6.45, 7) is 7.69. The molecule has 0 unspecified atom stereocenters. The Labute approximate surface area is 175 Å². The smallest absolute Gasteiger partial charge is 0.223 e. The maximum absolute atomic E-state index is 12.5. The number of carbonyl (C=O) groups excluding carboxylic acids is 2. The minimum atomic E-state index is -0.550. The van der Waals surface area contributed by atoms with E-state index in [1.807, 2.05) is 6.92 Å². The predicted molar refractivity (Wildman–Crippen MR) is 111 cm³/mol. The van der Waals surface area contributed by atoms with Crippen LogP contribution in [0.25, 0.3) is 0 Å². The Bertz CT molecular complexity index is 557. The third-order valence-electron chi connectivity index (χ3n) is 7.43. The summed E-state index contributed by atoms with van der Waals surface area (Å²) in [7, 11) is 3.20. The van der Waals surface area contributed by atoms with Crippen LogP contribution >= 0.6 is 0 Å². The Balaban J connectivity index is 2.05. The third-order valence-corrected chi connectivity index (χ3v) is 7.43. The monoisotopic (exact) mass is 412 g/mol. The zero-order valence-corrected chi connectivity index (χ0v) is 18.7. The number of aliphatic hydroxyl groups excluding tert-OH is 1. The molecule has 0 saturated heterocycles. The van der Waals surface area contributed by atoms with Crippen molar-refractivity contribution in [3.8, 4) is 0 Å². The fourth-order valence-corrected chi connectivity index (χ4v) is 5.60. The van der Waals surface area contributed by atoms with Gasteiger partial charge in [0.05, 0.1) is 19.3 Å². The van der Waals surface area contributed by atoms with Crippen molar-refractivity contribution in [3.05, 3.63) is 0 Å². The van der Waals surface area contributed by atoms with Crippen LogP contribution in [-0.2, 0) is 19.1 Å². The van der Waals surface area contributed by atoms with Gasteiger partial charge in [-0.3, -0.25) is 9.59 Å². The summed E-state index contributed by atoms with van der Waals surface area (Å²) in [5.41, 5.74) is 0.0509. The van der Waals surface area contributed by atoms with E-state index in [9.17, 15) is 14.7 Å². The molecule has 2 amide bonds. The lowest BCUT2D eigenvalue weighted by Crippen LogP contribution is -2.58. The van der Waals surface area contributed by atoms with E-state index in [0.29, 0.717) is 26.2 Å². The Hall–Kier alpha value is -1.18. The lowest BCUT2D eigenvalue weighted by Gasteiger charge is -2.56. The maximum Gasteiger partial charge on any atom is 0.223 e. The van der Waals surface area contributed by atoms with Crippen LogP contribution in [0.15, 0.2) is 0 Å². The Morgan fingerprint density at radius 3 is 2.48 bits per heavy atom. The van der Waals surface area contributed by atoms with Crippen molar-refractivity contribution in [1.82, 2.24) is 10.6 Å². The van der Waals surface area contributed by atoms with E-state index in [-0.39, 0.29) is 46.9 Å². The molecule has 7 heteroatoms. The fraction of sp³-hybridized carbons (Fsp3) is 0.909. The highest BCUT2D eigenvalue weighted by atomic mass is 16.5. The molecule has 168 valence electrons. The summed E-state index contributed by atoms with van der Waals surface area (Å²) >= 11 is 0. The van der Waals surface area contributed by atoms with Gasteiger partial charge in [-0.25, -0.2) is 0 Å². The zero-order valence-electron chi connectivity index (χ0n) is 18.7. The number of methoxy groups -OCH3 is 2. The van der Waals surface area contributed by atoms with E-state index >= 15 is 0 Å². The standard InChI is InChI=1S/C22H40N2O5/c1-14(21(27)23-11-13-29-5)16-6-9-22(3)10-7-17(15(2)19(22)20(16)26)24-18(25)8-12-28-4/h14-17,19-20,26H,6-13H2,1-5H3,(H,23,27)(H,24,25)/t14-,15+,16+,17-,19+,20-,22-/m0/s1. The number of hydrogen-bond donors (Lipinski definition) is 3. The van der Waals surface area contributed by atoms with E-state index in [0.717, 1.165) is 25.7 Å². The van der Waals surface area contributed by atoms with Gasteiger partial charge in [0, 0.05) is 39.1 Å². The molecular weight excluding hydrogens is 372 g/mol. The van der Waals surface area contributed by atoms with Gasteiger partial charge in [0.1, 0.15) is 0 Å². The summed E-state index contributed by atoms with van der Waals surface area (Å²) in [5, 5.41) is 17.4. The predicted octanol–water partition coefficient (Wildman–Crippen LogP) is 1.73. The van der Waals surface area contributed by atoms with Gasteiger partial charge in [0.2, 0.25) is 11.8 Å². The van der Waals surface area contributed by atoms with Crippen molar-refractivity contribution in [2.24, 2.45) is 29.1 Å². The summed E-state index contributed by atoms with van der Waals surface area (Å²) in [6, 6.07) is 0.0525. The van der Waals surface area contributed by atoms with E-state index in [1.54, 1.807) is 14.2 Å². The Morgan fingerprint density at radius 1 is 1.17 bits per heavy atom. The minimum Gasteiger partial charge on any atom is -0.392 e. The average molecular weight is 413 g/mol. The SMILES string of the molecule is COCCNC(=O)[C@@H](C)[C@H]1CC[C@@]2(C)CC[C@H](NC(=O)CCOC)[C@@H](C)[C@@H]2[C@H]1O. The van der Waals surface area contributed by atoms with Crippen LogP contribution in [0.3, 0.4) is 0 Å². The molecule has 0 aromatic carbocycles. The molecule has 2 saturated carbocycles. The highest BCUT2D eigenvalue weighted by Gasteiger charge is 2.53. The zero-order chi connectivity index (χ0) is 21.6. The molecule has 2 aliphatic rings. The van der Waals surface area contributed by atoms with Gasteiger partial charge >= 0.3 is 0 Å². The number of aliphatic hydroxyl groups is 1. The molecule has 2 fully saturated rings. The van der Waals surface area contributed by atoms with Crippen LogP contribution in [0.5, 0.6) is 0 Å². The maximum atomic E-state index is 12.5. The van der Waals surface area contributed by atoms with E-state index in [4.69, 9.17) is 9.47 Å². The van der Waals surface area contributed by atoms with Crippen molar-refractivity contribution in [1.29, 1.82) is 0 Å². The van der Waals surface area contributed by atoms with Crippen molar-refractivity contribution in [3.63, 3.8) is 0 Å². The molecule has 29 heavy (non-hydrogen) atoms. The lowest BCUT2D eigenvalue weighted by molar-refractivity contribution is -0.144.